The fraction of sp³-hybridized carbons (Fsp3) is 0.440. The molecule has 1 aliphatic heterocycles. The first-order valence-electron chi connectivity index (χ1n) is 11.5. The van der Waals surface area contributed by atoms with Crippen molar-refractivity contribution >= 4 is 22.6 Å². The molecular formula is C25H29FN4O4. The van der Waals surface area contributed by atoms with E-state index >= 15 is 0 Å². The van der Waals surface area contributed by atoms with Crippen LogP contribution < -0.4 is 5.56 Å². The number of benzene rings is 1. The van der Waals surface area contributed by atoms with Gasteiger partial charge in [0.2, 0.25) is 5.91 Å². The van der Waals surface area contributed by atoms with Crippen LogP contribution in [0.2, 0.25) is 0 Å². The topological polar surface area (TPSA) is 86.4 Å². The van der Waals surface area contributed by atoms with E-state index in [-0.39, 0.29) is 42.3 Å². The minimum Gasteiger partial charge on any atom is -0.466 e. The molecule has 1 saturated heterocycles. The Balaban J connectivity index is 1.58. The van der Waals surface area contributed by atoms with Crippen LogP contribution in [0.3, 0.4) is 0 Å². The molecule has 1 atom stereocenters. The highest BCUT2D eigenvalue weighted by Crippen LogP contribution is 2.24. The van der Waals surface area contributed by atoms with Crippen LogP contribution in [0.1, 0.15) is 36.7 Å². The van der Waals surface area contributed by atoms with E-state index in [9.17, 15) is 18.8 Å². The zero-order valence-corrected chi connectivity index (χ0v) is 19.7. The van der Waals surface area contributed by atoms with Gasteiger partial charge < -0.3 is 14.2 Å². The summed E-state index contributed by atoms with van der Waals surface area (Å²) in [5, 5.41) is 5.40. The van der Waals surface area contributed by atoms with Crippen molar-refractivity contribution < 1.29 is 18.7 Å². The van der Waals surface area contributed by atoms with Crippen molar-refractivity contribution in [1.82, 2.24) is 19.2 Å². The third-order valence-electron chi connectivity index (χ3n) is 6.57. The summed E-state index contributed by atoms with van der Waals surface area (Å²) < 4.78 is 22.4. The predicted octanol–water partition coefficient (Wildman–Crippen LogP) is 2.80. The van der Waals surface area contributed by atoms with Crippen LogP contribution in [0, 0.1) is 25.6 Å². The van der Waals surface area contributed by atoms with Gasteiger partial charge in [0.25, 0.3) is 5.56 Å². The van der Waals surface area contributed by atoms with Gasteiger partial charge in [0.1, 0.15) is 12.4 Å². The fourth-order valence-corrected chi connectivity index (χ4v) is 4.68. The Morgan fingerprint density at radius 2 is 1.97 bits per heavy atom. The van der Waals surface area contributed by atoms with E-state index < -0.39 is 0 Å². The zero-order chi connectivity index (χ0) is 24.4. The Labute approximate surface area is 196 Å². The number of carbonyl (C=O) groups excluding carboxylic acids is 2. The number of aromatic nitrogens is 3. The molecule has 0 bridgehead atoms. The van der Waals surface area contributed by atoms with Crippen LogP contribution in [-0.2, 0) is 27.4 Å². The molecule has 1 aromatic carbocycles. The number of esters is 1. The number of rotatable bonds is 6. The quantitative estimate of drug-likeness (QED) is 0.520. The highest BCUT2D eigenvalue weighted by molar-refractivity contribution is 5.87. The van der Waals surface area contributed by atoms with Gasteiger partial charge in [-0.3, -0.25) is 14.4 Å². The van der Waals surface area contributed by atoms with Gasteiger partial charge in [0.15, 0.2) is 0 Å². The Morgan fingerprint density at radius 1 is 1.21 bits per heavy atom. The van der Waals surface area contributed by atoms with Crippen molar-refractivity contribution in [3.05, 3.63) is 63.6 Å². The number of ether oxygens (including phenoxy) is 1. The maximum atomic E-state index is 14.2. The van der Waals surface area contributed by atoms with Gasteiger partial charge in [-0.05, 0) is 39.7 Å². The zero-order valence-electron chi connectivity index (χ0n) is 19.7. The van der Waals surface area contributed by atoms with Gasteiger partial charge in [0, 0.05) is 35.4 Å². The Kier molecular flexibility index (Phi) is 6.81. The molecular weight excluding hydrogens is 439 g/mol. The highest BCUT2D eigenvalue weighted by Gasteiger charge is 2.30. The van der Waals surface area contributed by atoms with Crippen LogP contribution in [0.4, 0.5) is 4.39 Å². The molecule has 1 aliphatic rings. The third-order valence-corrected chi connectivity index (χ3v) is 6.57. The molecule has 180 valence electrons. The van der Waals surface area contributed by atoms with Crippen LogP contribution >= 0.6 is 0 Å². The van der Waals surface area contributed by atoms with Gasteiger partial charge in [-0.25, -0.2) is 9.07 Å². The van der Waals surface area contributed by atoms with Crippen LogP contribution in [0.15, 0.2) is 35.3 Å². The average Bonchev–Trinajstić information content (AvgIpc) is 3.07. The summed E-state index contributed by atoms with van der Waals surface area (Å²) in [5.41, 5.74) is 1.67. The standard InChI is InChI=1S/C25H29FN4O4/c1-4-34-25(33)19-9-7-11-28(13-19)22(31)15-30-24(32)23-17(3)29(16(2)20(23)12-27-30)14-18-8-5-6-10-21(18)26/h5-6,8,10,12,19H,4,7,9,11,13-15H2,1-3H3/t19-/m0/s1. The monoisotopic (exact) mass is 468 g/mol. The SMILES string of the molecule is CCOC(=O)[C@H]1CCCN(C(=O)Cn2ncc3c(C)n(Cc4ccccc4F)c(C)c3c2=O)C1. The molecule has 0 spiro atoms. The number of nitrogens with zero attached hydrogens (tertiary/aromatic N) is 4. The molecule has 9 heteroatoms. The summed E-state index contributed by atoms with van der Waals surface area (Å²) >= 11 is 0. The summed E-state index contributed by atoms with van der Waals surface area (Å²) in [6.45, 7) is 6.65. The molecule has 1 fully saturated rings. The number of likely N-dealkylation sites (tertiary alicyclic amines) is 1. The largest absolute Gasteiger partial charge is 0.466 e. The number of aryl methyl sites for hydroxylation is 2. The first kappa shape index (κ1) is 23.7. The van der Waals surface area contributed by atoms with E-state index in [0.717, 1.165) is 5.69 Å². The summed E-state index contributed by atoms with van der Waals surface area (Å²) in [6.07, 6.45) is 2.97. The summed E-state index contributed by atoms with van der Waals surface area (Å²) in [5.74, 6) is -1.20. The smallest absolute Gasteiger partial charge is 0.310 e. The molecule has 0 unspecified atom stereocenters. The molecule has 0 saturated carbocycles. The van der Waals surface area contributed by atoms with Crippen molar-refractivity contribution in [3.8, 4) is 0 Å². The van der Waals surface area contributed by atoms with E-state index in [1.165, 1.54) is 10.7 Å². The summed E-state index contributed by atoms with van der Waals surface area (Å²) in [7, 11) is 0. The molecule has 0 N–H and O–H groups in total. The maximum Gasteiger partial charge on any atom is 0.310 e. The van der Waals surface area contributed by atoms with Crippen molar-refractivity contribution in [2.24, 2.45) is 5.92 Å². The average molecular weight is 469 g/mol. The molecule has 8 nitrogen and oxygen atoms in total. The first-order chi connectivity index (χ1) is 16.3. The van der Waals surface area contributed by atoms with E-state index in [4.69, 9.17) is 4.74 Å². The molecule has 0 radical (unpaired) electrons. The summed E-state index contributed by atoms with van der Waals surface area (Å²) in [4.78, 5) is 39.9. The lowest BCUT2D eigenvalue weighted by Gasteiger charge is -2.31. The van der Waals surface area contributed by atoms with E-state index in [1.54, 1.807) is 36.2 Å². The number of piperidine rings is 1. The number of halogens is 1. The molecule has 2 aromatic heterocycles. The minimum absolute atomic E-state index is 0.207. The van der Waals surface area contributed by atoms with Gasteiger partial charge in [-0.1, -0.05) is 18.2 Å². The fourth-order valence-electron chi connectivity index (χ4n) is 4.68. The second-order valence-corrected chi connectivity index (χ2v) is 8.68. The van der Waals surface area contributed by atoms with Crippen LogP contribution in [0.5, 0.6) is 0 Å². The normalized spacial score (nSPS) is 16.1. The van der Waals surface area contributed by atoms with E-state index in [2.05, 4.69) is 5.10 Å². The molecule has 4 rings (SSSR count). The molecule has 0 aliphatic carbocycles. The lowest BCUT2D eigenvalue weighted by Crippen LogP contribution is -2.45. The second-order valence-electron chi connectivity index (χ2n) is 8.68. The predicted molar refractivity (Wildman–Crippen MR) is 125 cm³/mol. The highest BCUT2D eigenvalue weighted by atomic mass is 19.1. The van der Waals surface area contributed by atoms with Crippen LogP contribution in [-0.4, -0.2) is 50.8 Å². The molecule has 34 heavy (non-hydrogen) atoms. The minimum atomic E-state index is -0.363. The third kappa shape index (κ3) is 4.47. The lowest BCUT2D eigenvalue weighted by atomic mass is 9.98. The maximum absolute atomic E-state index is 14.2. The van der Waals surface area contributed by atoms with E-state index in [0.29, 0.717) is 54.6 Å². The van der Waals surface area contributed by atoms with E-state index in [1.807, 2.05) is 18.4 Å². The first-order valence-corrected chi connectivity index (χ1v) is 11.5. The molecule has 1 amide bonds. The lowest BCUT2D eigenvalue weighted by molar-refractivity contribution is -0.151. The van der Waals surface area contributed by atoms with Crippen molar-refractivity contribution in [1.29, 1.82) is 0 Å². The van der Waals surface area contributed by atoms with Crippen molar-refractivity contribution in [3.63, 3.8) is 0 Å². The second kappa shape index (κ2) is 9.79. The number of amides is 1. The van der Waals surface area contributed by atoms with Gasteiger partial charge >= 0.3 is 5.97 Å². The Hall–Kier alpha value is -3.49. The van der Waals surface area contributed by atoms with Gasteiger partial charge in [-0.15, -0.1) is 0 Å². The van der Waals surface area contributed by atoms with Crippen molar-refractivity contribution in [2.45, 2.75) is 46.7 Å². The Bertz CT molecular complexity index is 1300. The molecule has 3 aromatic rings. The van der Waals surface area contributed by atoms with Gasteiger partial charge in [0.05, 0.1) is 30.7 Å². The Morgan fingerprint density at radius 3 is 2.71 bits per heavy atom. The summed E-state index contributed by atoms with van der Waals surface area (Å²) in [6, 6.07) is 6.55. The molecule has 3 heterocycles. The number of hydrogen-bond acceptors (Lipinski definition) is 5. The van der Waals surface area contributed by atoms with Crippen LogP contribution in [0.25, 0.3) is 10.8 Å². The number of fused-ring (bicyclic) bond motifs is 1. The number of hydrogen-bond donors (Lipinski definition) is 0. The van der Waals surface area contributed by atoms with Gasteiger partial charge in [-0.2, -0.15) is 5.10 Å². The number of carbonyl (C=O) groups is 2. The van der Waals surface area contributed by atoms with Crippen molar-refractivity contribution in [2.75, 3.05) is 19.7 Å².